The number of hydrogen-bond acceptors (Lipinski definition) is 1. The summed E-state index contributed by atoms with van der Waals surface area (Å²) in [5.41, 5.74) is 0.784. The summed E-state index contributed by atoms with van der Waals surface area (Å²) in [5, 5.41) is 0. The van der Waals surface area contributed by atoms with Crippen LogP contribution in [0.2, 0.25) is 0 Å². The highest BCUT2D eigenvalue weighted by Crippen LogP contribution is 2.14. The Morgan fingerprint density at radius 3 is 1.83 bits per heavy atom. The lowest BCUT2D eigenvalue weighted by Crippen LogP contribution is -2.31. The lowest BCUT2D eigenvalue weighted by atomic mass is 10.1. The van der Waals surface area contributed by atoms with Crippen LogP contribution in [0.5, 0.6) is 0 Å². The van der Waals surface area contributed by atoms with Gasteiger partial charge in [-0.15, -0.1) is 0 Å². The van der Waals surface area contributed by atoms with Crippen molar-refractivity contribution in [2.45, 2.75) is 78.1 Å². The van der Waals surface area contributed by atoms with Gasteiger partial charge in [0.15, 0.2) is 0 Å². The minimum absolute atomic E-state index is 0.154. The highest BCUT2D eigenvalue weighted by molar-refractivity contribution is 9.10. The molecule has 1 rings (SSSR count). The highest BCUT2D eigenvalue weighted by Gasteiger charge is 2.13. The first-order valence-corrected chi connectivity index (χ1v) is 10.5. The monoisotopic (exact) mass is 395 g/mol. The Bertz CT molecular complexity index is 444. The van der Waals surface area contributed by atoms with Gasteiger partial charge in [0.25, 0.3) is 5.91 Å². The molecule has 2 nitrogen and oxygen atoms in total. The molecule has 0 atom stereocenters. The molecule has 1 aromatic carbocycles. The van der Waals surface area contributed by atoms with Gasteiger partial charge in [0.1, 0.15) is 0 Å². The average Bonchev–Trinajstić information content (AvgIpc) is 2.60. The molecule has 1 amide bonds. The number of amides is 1. The van der Waals surface area contributed by atoms with Crippen LogP contribution in [0.15, 0.2) is 28.7 Å². The maximum Gasteiger partial charge on any atom is 0.253 e. The zero-order valence-electron chi connectivity index (χ0n) is 15.5. The third-order valence-electron chi connectivity index (χ3n) is 4.54. The van der Waals surface area contributed by atoms with Crippen LogP contribution in [0.3, 0.4) is 0 Å². The van der Waals surface area contributed by atoms with Crippen molar-refractivity contribution in [3.8, 4) is 0 Å². The molecule has 1 aromatic rings. The summed E-state index contributed by atoms with van der Waals surface area (Å²) in [7, 11) is 0. The fourth-order valence-corrected chi connectivity index (χ4v) is 3.23. The maximum atomic E-state index is 12.5. The van der Waals surface area contributed by atoms with Crippen LogP contribution in [-0.2, 0) is 0 Å². The summed E-state index contributed by atoms with van der Waals surface area (Å²) in [6.07, 6.45) is 13.3. The van der Waals surface area contributed by atoms with Gasteiger partial charge >= 0.3 is 0 Å². The minimum Gasteiger partial charge on any atom is -0.339 e. The number of benzene rings is 1. The molecule has 0 spiro atoms. The van der Waals surface area contributed by atoms with Gasteiger partial charge < -0.3 is 4.90 Å². The van der Waals surface area contributed by atoms with E-state index in [0.29, 0.717) is 0 Å². The smallest absolute Gasteiger partial charge is 0.253 e. The zero-order chi connectivity index (χ0) is 17.6. The molecule has 0 saturated heterocycles. The fourth-order valence-electron chi connectivity index (χ4n) is 2.97. The number of unbranched alkanes of at least 4 members (excludes halogenated alkanes) is 9. The molecule has 0 fully saturated rings. The first kappa shape index (κ1) is 21.2. The first-order valence-electron chi connectivity index (χ1n) is 9.73. The van der Waals surface area contributed by atoms with Crippen LogP contribution < -0.4 is 0 Å². The molecule has 136 valence electrons. The molecule has 0 aliphatic carbocycles. The molecule has 0 radical (unpaired) electrons. The summed E-state index contributed by atoms with van der Waals surface area (Å²) in [4.78, 5) is 14.5. The lowest BCUT2D eigenvalue weighted by molar-refractivity contribution is 0.0761. The van der Waals surface area contributed by atoms with Crippen LogP contribution in [0.25, 0.3) is 0 Å². The molecule has 0 aliphatic heterocycles. The van der Waals surface area contributed by atoms with Crippen LogP contribution in [0.1, 0.15) is 88.4 Å². The maximum absolute atomic E-state index is 12.5. The topological polar surface area (TPSA) is 20.3 Å². The molecule has 0 aliphatic rings. The van der Waals surface area contributed by atoms with Gasteiger partial charge in [0, 0.05) is 23.1 Å². The third-order valence-corrected chi connectivity index (χ3v) is 5.07. The van der Waals surface area contributed by atoms with Crippen molar-refractivity contribution in [2.24, 2.45) is 0 Å². The first-order chi connectivity index (χ1) is 11.7. The van der Waals surface area contributed by atoms with Crippen LogP contribution in [0, 0.1) is 0 Å². The molecule has 0 saturated carbocycles. The molecule has 3 heteroatoms. The van der Waals surface area contributed by atoms with E-state index in [2.05, 4.69) is 29.8 Å². The Morgan fingerprint density at radius 2 is 1.33 bits per heavy atom. The third kappa shape index (κ3) is 8.86. The Labute approximate surface area is 157 Å². The van der Waals surface area contributed by atoms with Crippen molar-refractivity contribution in [2.75, 3.05) is 13.1 Å². The quantitative estimate of drug-likeness (QED) is 0.335. The van der Waals surface area contributed by atoms with Crippen LogP contribution in [0.4, 0.5) is 0 Å². The number of hydrogen-bond donors (Lipinski definition) is 0. The molecule has 0 unspecified atom stereocenters. The largest absolute Gasteiger partial charge is 0.339 e. The Kier molecular flexibility index (Phi) is 11.9. The molecular weight excluding hydrogens is 362 g/mol. The van der Waals surface area contributed by atoms with Crippen LogP contribution >= 0.6 is 15.9 Å². The number of carbonyl (C=O) groups excluding carboxylic acids is 1. The van der Waals surface area contributed by atoms with Gasteiger partial charge in [0.05, 0.1) is 0 Å². The Balaban J connectivity index is 2.13. The fraction of sp³-hybridized carbons (Fsp3) is 0.667. The molecule has 24 heavy (non-hydrogen) atoms. The second-order valence-electron chi connectivity index (χ2n) is 6.57. The number of halogens is 1. The second-order valence-corrected chi connectivity index (χ2v) is 7.49. The van der Waals surface area contributed by atoms with Gasteiger partial charge in [-0.2, -0.15) is 0 Å². The summed E-state index contributed by atoms with van der Waals surface area (Å²) in [6.45, 7) is 5.99. The Hall–Kier alpha value is -0.830. The summed E-state index contributed by atoms with van der Waals surface area (Å²) >= 11 is 3.41. The average molecular weight is 396 g/mol. The van der Waals surface area contributed by atoms with E-state index in [9.17, 15) is 4.79 Å². The summed E-state index contributed by atoms with van der Waals surface area (Å²) in [5.74, 6) is 0.154. The molecule has 0 aromatic heterocycles. The summed E-state index contributed by atoms with van der Waals surface area (Å²) < 4.78 is 1.01. The molecule has 0 N–H and O–H groups in total. The van der Waals surface area contributed by atoms with Crippen molar-refractivity contribution in [1.29, 1.82) is 0 Å². The number of rotatable bonds is 13. The normalized spacial score (nSPS) is 10.8. The van der Waals surface area contributed by atoms with E-state index >= 15 is 0 Å². The number of carbonyl (C=O) groups is 1. The lowest BCUT2D eigenvalue weighted by Gasteiger charge is -2.21. The number of nitrogens with zero attached hydrogens (tertiary/aromatic N) is 1. The van der Waals surface area contributed by atoms with E-state index in [4.69, 9.17) is 0 Å². The molecule has 0 bridgehead atoms. The van der Waals surface area contributed by atoms with E-state index < -0.39 is 0 Å². The predicted molar refractivity (Wildman–Crippen MR) is 108 cm³/mol. The van der Waals surface area contributed by atoms with Crippen molar-refractivity contribution >= 4 is 21.8 Å². The van der Waals surface area contributed by atoms with E-state index in [-0.39, 0.29) is 5.91 Å². The van der Waals surface area contributed by atoms with Gasteiger partial charge in [0.2, 0.25) is 0 Å². The molecular formula is C21H34BrNO. The Morgan fingerprint density at radius 1 is 0.833 bits per heavy atom. The standard InChI is InChI=1S/C21H34BrNO/c1-3-5-6-7-8-9-10-11-12-13-18-23(4-2)21(24)19-14-16-20(22)17-15-19/h14-17H,3-13,18H2,1-2H3. The second kappa shape index (κ2) is 13.5. The van der Waals surface area contributed by atoms with Gasteiger partial charge in [-0.3, -0.25) is 4.79 Å². The van der Waals surface area contributed by atoms with Crippen LogP contribution in [-0.4, -0.2) is 23.9 Å². The predicted octanol–water partition coefficient (Wildman–Crippen LogP) is 6.83. The van der Waals surface area contributed by atoms with Crippen molar-refractivity contribution < 1.29 is 4.79 Å². The summed E-state index contributed by atoms with van der Waals surface area (Å²) in [6, 6.07) is 7.66. The van der Waals surface area contributed by atoms with Gasteiger partial charge in [-0.25, -0.2) is 0 Å². The van der Waals surface area contributed by atoms with Gasteiger partial charge in [-0.05, 0) is 37.6 Å². The minimum atomic E-state index is 0.154. The van der Waals surface area contributed by atoms with Gasteiger partial charge in [-0.1, -0.05) is 80.6 Å². The highest BCUT2D eigenvalue weighted by atomic mass is 79.9. The van der Waals surface area contributed by atoms with E-state index in [1.54, 1.807) is 0 Å². The van der Waals surface area contributed by atoms with E-state index in [0.717, 1.165) is 29.5 Å². The molecule has 0 heterocycles. The van der Waals surface area contributed by atoms with Crippen molar-refractivity contribution in [1.82, 2.24) is 4.90 Å². The SMILES string of the molecule is CCCCCCCCCCCCN(CC)C(=O)c1ccc(Br)cc1. The van der Waals surface area contributed by atoms with E-state index in [1.165, 1.54) is 57.8 Å². The van der Waals surface area contributed by atoms with Crippen molar-refractivity contribution in [3.05, 3.63) is 34.3 Å². The van der Waals surface area contributed by atoms with E-state index in [1.807, 2.05) is 29.2 Å². The zero-order valence-corrected chi connectivity index (χ0v) is 17.1. The van der Waals surface area contributed by atoms with Crippen molar-refractivity contribution in [3.63, 3.8) is 0 Å².